The second-order valence-electron chi connectivity index (χ2n) is 5.52. The Morgan fingerprint density at radius 3 is 2.62 bits per heavy atom. The molecular weight excluding hydrogens is 345 g/mol. The lowest BCUT2D eigenvalue weighted by atomic mass is 10.1. The van der Waals surface area contributed by atoms with E-state index in [9.17, 15) is 23.3 Å². The van der Waals surface area contributed by atoms with E-state index >= 15 is 0 Å². The molecule has 0 spiro atoms. The third kappa shape index (κ3) is 3.03. The first kappa shape index (κ1) is 16.6. The highest BCUT2D eigenvalue weighted by Crippen LogP contribution is 2.40. The van der Waals surface area contributed by atoms with Gasteiger partial charge in [0.1, 0.15) is 0 Å². The van der Waals surface area contributed by atoms with Gasteiger partial charge in [0.05, 0.1) is 21.2 Å². The molecule has 0 atom stereocenters. The van der Waals surface area contributed by atoms with Gasteiger partial charge in [-0.05, 0) is 23.6 Å². The van der Waals surface area contributed by atoms with Crippen LogP contribution in [0.3, 0.4) is 0 Å². The Bertz CT molecular complexity index is 808. The summed E-state index contributed by atoms with van der Waals surface area (Å²) in [5.41, 5.74) is 0.595. The summed E-state index contributed by atoms with van der Waals surface area (Å²) in [7, 11) is 0. The standard InChI is InChI=1S/C16H12ClF3N2O2/c17-14-8-12(22(23)24)7-10-5-6-21(15(10)14)9-11-3-1-2-4-13(11)16(18,19)20/h1-4,7-8H,5-6,9H2. The van der Waals surface area contributed by atoms with Crippen LogP contribution in [0.4, 0.5) is 24.5 Å². The average Bonchev–Trinajstić information content (AvgIpc) is 2.90. The highest BCUT2D eigenvalue weighted by Gasteiger charge is 2.34. The van der Waals surface area contributed by atoms with Crippen molar-refractivity contribution in [2.24, 2.45) is 0 Å². The first-order valence-electron chi connectivity index (χ1n) is 7.14. The van der Waals surface area contributed by atoms with Crippen molar-refractivity contribution in [3.63, 3.8) is 0 Å². The fraction of sp³-hybridized carbons (Fsp3) is 0.250. The molecule has 1 aliphatic rings. The molecule has 0 bridgehead atoms. The first-order valence-corrected chi connectivity index (χ1v) is 7.52. The van der Waals surface area contributed by atoms with Crippen LogP contribution >= 0.6 is 11.6 Å². The Morgan fingerprint density at radius 1 is 1.25 bits per heavy atom. The van der Waals surface area contributed by atoms with Crippen LogP contribution < -0.4 is 4.90 Å². The molecular formula is C16H12ClF3N2O2. The van der Waals surface area contributed by atoms with Gasteiger partial charge in [0, 0.05) is 25.2 Å². The van der Waals surface area contributed by atoms with Gasteiger partial charge < -0.3 is 4.90 Å². The van der Waals surface area contributed by atoms with Crippen molar-refractivity contribution < 1.29 is 18.1 Å². The minimum atomic E-state index is -4.43. The van der Waals surface area contributed by atoms with Crippen LogP contribution in [0.15, 0.2) is 36.4 Å². The topological polar surface area (TPSA) is 46.4 Å². The number of hydrogen-bond donors (Lipinski definition) is 0. The second-order valence-corrected chi connectivity index (χ2v) is 5.93. The van der Waals surface area contributed by atoms with E-state index < -0.39 is 16.7 Å². The summed E-state index contributed by atoms with van der Waals surface area (Å²) in [6, 6.07) is 8.04. The average molecular weight is 357 g/mol. The lowest BCUT2D eigenvalue weighted by Crippen LogP contribution is -2.22. The number of benzene rings is 2. The van der Waals surface area contributed by atoms with E-state index in [1.807, 2.05) is 0 Å². The van der Waals surface area contributed by atoms with Crippen LogP contribution in [0.25, 0.3) is 0 Å². The number of halogens is 4. The van der Waals surface area contributed by atoms with E-state index in [0.29, 0.717) is 24.2 Å². The molecule has 24 heavy (non-hydrogen) atoms. The fourth-order valence-electron chi connectivity index (χ4n) is 2.96. The van der Waals surface area contributed by atoms with Crippen LogP contribution in [0.1, 0.15) is 16.7 Å². The largest absolute Gasteiger partial charge is 0.416 e. The molecule has 0 saturated carbocycles. The van der Waals surface area contributed by atoms with Gasteiger partial charge in [0.25, 0.3) is 5.69 Å². The zero-order valence-corrected chi connectivity index (χ0v) is 13.1. The van der Waals surface area contributed by atoms with E-state index in [1.165, 1.54) is 24.3 Å². The van der Waals surface area contributed by atoms with Crippen LogP contribution in [0.2, 0.25) is 5.02 Å². The molecule has 3 rings (SSSR count). The van der Waals surface area contributed by atoms with Gasteiger partial charge >= 0.3 is 6.18 Å². The number of hydrogen-bond acceptors (Lipinski definition) is 3. The molecule has 2 aromatic carbocycles. The molecule has 0 aliphatic carbocycles. The highest BCUT2D eigenvalue weighted by molar-refractivity contribution is 6.33. The Morgan fingerprint density at radius 2 is 1.96 bits per heavy atom. The number of nitro benzene ring substituents is 1. The van der Waals surface area contributed by atoms with Gasteiger partial charge in [-0.3, -0.25) is 10.1 Å². The zero-order chi connectivity index (χ0) is 17.5. The Kier molecular flexibility index (Phi) is 4.13. The van der Waals surface area contributed by atoms with Crippen molar-refractivity contribution in [3.8, 4) is 0 Å². The Hall–Kier alpha value is -2.28. The van der Waals surface area contributed by atoms with E-state index in [1.54, 1.807) is 11.0 Å². The van der Waals surface area contributed by atoms with Crippen LogP contribution in [0, 0.1) is 10.1 Å². The van der Waals surface area contributed by atoms with Crippen molar-refractivity contribution in [2.45, 2.75) is 19.1 Å². The molecule has 0 aromatic heterocycles. The van der Waals surface area contributed by atoms with Crippen molar-refractivity contribution in [3.05, 3.63) is 68.2 Å². The molecule has 4 nitrogen and oxygen atoms in total. The van der Waals surface area contributed by atoms with Gasteiger partial charge in [0.15, 0.2) is 0 Å². The summed E-state index contributed by atoms with van der Waals surface area (Å²) in [5, 5.41) is 11.1. The van der Waals surface area contributed by atoms with Crippen molar-refractivity contribution in [1.82, 2.24) is 0 Å². The number of nitrogens with zero attached hydrogens (tertiary/aromatic N) is 2. The van der Waals surface area contributed by atoms with Gasteiger partial charge in [0.2, 0.25) is 0 Å². The lowest BCUT2D eigenvalue weighted by Gasteiger charge is -2.22. The maximum atomic E-state index is 13.1. The molecule has 1 aliphatic heterocycles. The molecule has 0 N–H and O–H groups in total. The normalized spacial score (nSPS) is 13.9. The molecule has 8 heteroatoms. The zero-order valence-electron chi connectivity index (χ0n) is 12.3. The van der Waals surface area contributed by atoms with E-state index in [4.69, 9.17) is 11.6 Å². The summed E-state index contributed by atoms with van der Waals surface area (Å²) in [4.78, 5) is 12.1. The number of non-ortho nitro benzene ring substituents is 1. The van der Waals surface area contributed by atoms with Gasteiger partial charge in [-0.2, -0.15) is 13.2 Å². The number of anilines is 1. The number of alkyl halides is 3. The third-order valence-corrected chi connectivity index (χ3v) is 4.28. The van der Waals surface area contributed by atoms with Crippen LogP contribution in [-0.2, 0) is 19.1 Å². The van der Waals surface area contributed by atoms with Gasteiger partial charge in [-0.15, -0.1) is 0 Å². The van der Waals surface area contributed by atoms with E-state index in [0.717, 1.165) is 6.07 Å². The van der Waals surface area contributed by atoms with E-state index in [2.05, 4.69) is 0 Å². The molecule has 2 aromatic rings. The smallest absolute Gasteiger partial charge is 0.365 e. The van der Waals surface area contributed by atoms with E-state index in [-0.39, 0.29) is 22.8 Å². The van der Waals surface area contributed by atoms with Crippen molar-refractivity contribution in [2.75, 3.05) is 11.4 Å². The molecule has 1 heterocycles. The molecule has 0 unspecified atom stereocenters. The quantitative estimate of drug-likeness (QED) is 0.584. The maximum Gasteiger partial charge on any atom is 0.416 e. The molecule has 126 valence electrons. The molecule has 0 radical (unpaired) electrons. The van der Waals surface area contributed by atoms with Gasteiger partial charge in [-0.25, -0.2) is 0 Å². The number of rotatable bonds is 3. The maximum absolute atomic E-state index is 13.1. The molecule has 0 saturated heterocycles. The minimum absolute atomic E-state index is 0.0419. The highest BCUT2D eigenvalue weighted by atomic mass is 35.5. The van der Waals surface area contributed by atoms with Crippen molar-refractivity contribution in [1.29, 1.82) is 0 Å². The molecule has 0 amide bonds. The SMILES string of the molecule is O=[N+]([O-])c1cc(Cl)c2c(c1)CCN2Cc1ccccc1C(F)(F)F. The predicted octanol–water partition coefficient (Wildman–Crippen LogP) is 4.83. The third-order valence-electron chi connectivity index (χ3n) is 3.99. The summed E-state index contributed by atoms with van der Waals surface area (Å²) in [6.45, 7) is 0.503. The summed E-state index contributed by atoms with van der Waals surface area (Å²) >= 11 is 6.14. The second kappa shape index (κ2) is 5.98. The summed E-state index contributed by atoms with van der Waals surface area (Å²) in [6.07, 6.45) is -3.93. The Balaban J connectivity index is 1.95. The summed E-state index contributed by atoms with van der Waals surface area (Å²) < 4.78 is 39.4. The van der Waals surface area contributed by atoms with Crippen molar-refractivity contribution >= 4 is 23.0 Å². The monoisotopic (exact) mass is 356 g/mol. The fourth-order valence-corrected chi connectivity index (χ4v) is 3.31. The van der Waals surface area contributed by atoms with Gasteiger partial charge in [-0.1, -0.05) is 29.8 Å². The van der Waals surface area contributed by atoms with Crippen LogP contribution in [-0.4, -0.2) is 11.5 Å². The Labute approximate surface area is 140 Å². The van der Waals surface area contributed by atoms with Crippen LogP contribution in [0.5, 0.6) is 0 Å². The minimum Gasteiger partial charge on any atom is -0.365 e. The number of fused-ring (bicyclic) bond motifs is 1. The lowest BCUT2D eigenvalue weighted by molar-refractivity contribution is -0.384. The summed E-state index contributed by atoms with van der Waals surface area (Å²) in [5.74, 6) is 0. The predicted molar refractivity (Wildman–Crippen MR) is 84.3 cm³/mol. The molecule has 0 fully saturated rings. The number of nitro groups is 1. The first-order chi connectivity index (χ1) is 11.3.